The highest BCUT2D eigenvalue weighted by Gasteiger charge is 2.11. The zero-order chi connectivity index (χ0) is 17.6. The Balaban J connectivity index is 1.70. The molecular formula is C20H20N2O2S. The Morgan fingerprint density at radius 2 is 1.92 bits per heavy atom. The summed E-state index contributed by atoms with van der Waals surface area (Å²) in [5, 5.41) is 5.40. The number of amides is 1. The second-order valence-electron chi connectivity index (χ2n) is 5.68. The minimum Gasteiger partial charge on any atom is -0.494 e. The topological polar surface area (TPSA) is 51.2 Å². The van der Waals surface area contributed by atoms with Crippen molar-refractivity contribution in [2.75, 3.05) is 11.9 Å². The van der Waals surface area contributed by atoms with Crippen LogP contribution in [0.25, 0.3) is 11.3 Å². The number of ether oxygens (including phenoxy) is 1. The van der Waals surface area contributed by atoms with Crippen LogP contribution in [0, 0.1) is 6.92 Å². The maximum absolute atomic E-state index is 12.4. The number of carbonyl (C=O) groups is 1. The van der Waals surface area contributed by atoms with E-state index in [1.807, 2.05) is 60.8 Å². The van der Waals surface area contributed by atoms with Crippen molar-refractivity contribution in [1.29, 1.82) is 0 Å². The molecule has 0 spiro atoms. The zero-order valence-corrected chi connectivity index (χ0v) is 15.1. The van der Waals surface area contributed by atoms with Gasteiger partial charge in [0.05, 0.1) is 12.3 Å². The Bertz CT molecular complexity index is 856. The first-order chi connectivity index (χ1) is 12.2. The Hall–Kier alpha value is -2.66. The number of anilines is 1. The van der Waals surface area contributed by atoms with Crippen LogP contribution in [0.4, 0.5) is 5.13 Å². The number of hydrogen-bond acceptors (Lipinski definition) is 4. The maximum Gasteiger partial charge on any atom is 0.257 e. The van der Waals surface area contributed by atoms with E-state index in [0.717, 1.165) is 29.0 Å². The minimum atomic E-state index is -0.137. The fourth-order valence-corrected chi connectivity index (χ4v) is 3.11. The molecule has 0 saturated carbocycles. The van der Waals surface area contributed by atoms with E-state index in [4.69, 9.17) is 4.74 Å². The molecule has 0 radical (unpaired) electrons. The number of nitrogens with one attached hydrogen (secondary N) is 1. The van der Waals surface area contributed by atoms with Gasteiger partial charge in [-0.25, -0.2) is 4.98 Å². The van der Waals surface area contributed by atoms with Gasteiger partial charge in [-0.3, -0.25) is 10.1 Å². The predicted molar refractivity (Wildman–Crippen MR) is 102 cm³/mol. The molecule has 3 aromatic rings. The summed E-state index contributed by atoms with van der Waals surface area (Å²) in [5.41, 5.74) is 3.44. The summed E-state index contributed by atoms with van der Waals surface area (Å²) < 4.78 is 5.59. The first kappa shape index (κ1) is 17.2. The van der Waals surface area contributed by atoms with Crippen LogP contribution in [-0.4, -0.2) is 17.5 Å². The minimum absolute atomic E-state index is 0.137. The molecule has 25 heavy (non-hydrogen) atoms. The van der Waals surface area contributed by atoms with Crippen molar-refractivity contribution in [3.8, 4) is 17.0 Å². The molecule has 0 aliphatic carbocycles. The van der Waals surface area contributed by atoms with E-state index < -0.39 is 0 Å². The second kappa shape index (κ2) is 7.94. The third-order valence-corrected chi connectivity index (χ3v) is 4.49. The summed E-state index contributed by atoms with van der Waals surface area (Å²) in [4.78, 5) is 16.9. The Morgan fingerprint density at radius 3 is 2.64 bits per heavy atom. The maximum atomic E-state index is 12.4. The number of carbonyl (C=O) groups excluding carboxylic acids is 1. The summed E-state index contributed by atoms with van der Waals surface area (Å²) in [6.07, 6.45) is 0.984. The molecule has 1 N–H and O–H groups in total. The van der Waals surface area contributed by atoms with Crippen LogP contribution in [-0.2, 0) is 0 Å². The smallest absolute Gasteiger partial charge is 0.257 e. The van der Waals surface area contributed by atoms with Crippen LogP contribution in [0.3, 0.4) is 0 Å². The van der Waals surface area contributed by atoms with Gasteiger partial charge in [0.25, 0.3) is 5.91 Å². The summed E-state index contributed by atoms with van der Waals surface area (Å²) in [5.74, 6) is 0.719. The van der Waals surface area contributed by atoms with Gasteiger partial charge in [0, 0.05) is 16.5 Å². The average molecular weight is 352 g/mol. The summed E-state index contributed by atoms with van der Waals surface area (Å²) in [7, 11) is 0. The molecule has 0 aliphatic heterocycles. The molecule has 4 nitrogen and oxygen atoms in total. The van der Waals surface area contributed by atoms with Gasteiger partial charge in [-0.1, -0.05) is 25.1 Å². The molecule has 1 aromatic heterocycles. The molecule has 0 unspecified atom stereocenters. The van der Waals surface area contributed by atoms with Gasteiger partial charge in [-0.2, -0.15) is 0 Å². The molecule has 5 heteroatoms. The van der Waals surface area contributed by atoms with Crippen LogP contribution in [0.2, 0.25) is 0 Å². The highest BCUT2D eigenvalue weighted by Crippen LogP contribution is 2.27. The lowest BCUT2D eigenvalue weighted by molar-refractivity contribution is 0.102. The van der Waals surface area contributed by atoms with Gasteiger partial charge in [-0.05, 0) is 49.2 Å². The molecular weight excluding hydrogens is 332 g/mol. The summed E-state index contributed by atoms with van der Waals surface area (Å²) in [6, 6.07) is 15.4. The number of aryl methyl sites for hydroxylation is 1. The molecule has 0 aliphatic rings. The van der Waals surface area contributed by atoms with Gasteiger partial charge in [0.1, 0.15) is 5.75 Å². The van der Waals surface area contributed by atoms with Crippen molar-refractivity contribution in [1.82, 2.24) is 4.98 Å². The van der Waals surface area contributed by atoms with E-state index >= 15 is 0 Å². The van der Waals surface area contributed by atoms with E-state index in [-0.39, 0.29) is 5.91 Å². The highest BCUT2D eigenvalue weighted by atomic mass is 32.1. The predicted octanol–water partition coefficient (Wildman–Crippen LogP) is 5.16. The van der Waals surface area contributed by atoms with Crippen LogP contribution in [0.1, 0.15) is 29.3 Å². The van der Waals surface area contributed by atoms with Crippen LogP contribution < -0.4 is 10.1 Å². The number of hydrogen-bond donors (Lipinski definition) is 1. The lowest BCUT2D eigenvalue weighted by Crippen LogP contribution is -2.12. The zero-order valence-electron chi connectivity index (χ0n) is 14.3. The summed E-state index contributed by atoms with van der Waals surface area (Å²) in [6.45, 7) is 4.71. The number of rotatable bonds is 6. The molecule has 1 heterocycles. The fourth-order valence-electron chi connectivity index (χ4n) is 2.40. The third kappa shape index (κ3) is 4.25. The van der Waals surface area contributed by atoms with Crippen LogP contribution in [0.5, 0.6) is 5.75 Å². The molecule has 128 valence electrons. The molecule has 0 fully saturated rings. The average Bonchev–Trinajstić information content (AvgIpc) is 3.09. The van der Waals surface area contributed by atoms with E-state index in [1.165, 1.54) is 11.3 Å². The molecule has 0 bridgehead atoms. The van der Waals surface area contributed by atoms with Gasteiger partial charge in [0.2, 0.25) is 0 Å². The lowest BCUT2D eigenvalue weighted by Gasteiger charge is -2.05. The van der Waals surface area contributed by atoms with Crippen molar-refractivity contribution in [2.24, 2.45) is 0 Å². The normalized spacial score (nSPS) is 10.5. The van der Waals surface area contributed by atoms with Gasteiger partial charge in [0.15, 0.2) is 5.13 Å². The van der Waals surface area contributed by atoms with Crippen molar-refractivity contribution in [3.63, 3.8) is 0 Å². The van der Waals surface area contributed by atoms with Crippen LogP contribution >= 0.6 is 11.3 Å². The number of thiazole rings is 1. The largest absolute Gasteiger partial charge is 0.494 e. The Morgan fingerprint density at radius 1 is 1.16 bits per heavy atom. The summed E-state index contributed by atoms with van der Waals surface area (Å²) >= 11 is 1.42. The van der Waals surface area contributed by atoms with Crippen molar-refractivity contribution >= 4 is 22.4 Å². The Labute approximate surface area is 151 Å². The fraction of sp³-hybridized carbons (Fsp3) is 0.200. The quantitative estimate of drug-likeness (QED) is 0.667. The van der Waals surface area contributed by atoms with E-state index in [0.29, 0.717) is 17.3 Å². The van der Waals surface area contributed by atoms with E-state index in [1.54, 1.807) is 0 Å². The van der Waals surface area contributed by atoms with Crippen molar-refractivity contribution in [3.05, 3.63) is 65.0 Å². The van der Waals surface area contributed by atoms with Gasteiger partial charge >= 0.3 is 0 Å². The number of benzene rings is 2. The first-order valence-corrected chi connectivity index (χ1v) is 9.11. The molecule has 2 aromatic carbocycles. The monoisotopic (exact) mass is 352 g/mol. The standard InChI is InChI=1S/C20H20N2O2S/c1-3-12-24-16-10-8-15(9-11-16)18-13-25-20(21-18)22-19(23)17-7-5-4-6-14(17)2/h4-11,13H,3,12H2,1-2H3,(H,21,22,23). The number of nitrogens with zero attached hydrogens (tertiary/aromatic N) is 1. The number of aromatic nitrogens is 1. The molecule has 1 amide bonds. The van der Waals surface area contributed by atoms with Gasteiger partial charge in [-0.15, -0.1) is 11.3 Å². The Kier molecular flexibility index (Phi) is 5.46. The second-order valence-corrected chi connectivity index (χ2v) is 6.54. The van der Waals surface area contributed by atoms with E-state index in [2.05, 4.69) is 17.2 Å². The molecule has 0 atom stereocenters. The third-order valence-electron chi connectivity index (χ3n) is 3.74. The van der Waals surface area contributed by atoms with Gasteiger partial charge < -0.3 is 4.74 Å². The molecule has 3 rings (SSSR count). The van der Waals surface area contributed by atoms with Crippen molar-refractivity contribution < 1.29 is 9.53 Å². The molecule has 0 saturated heterocycles. The first-order valence-electron chi connectivity index (χ1n) is 8.23. The van der Waals surface area contributed by atoms with E-state index in [9.17, 15) is 4.79 Å². The highest BCUT2D eigenvalue weighted by molar-refractivity contribution is 7.14. The van der Waals surface area contributed by atoms with Crippen molar-refractivity contribution in [2.45, 2.75) is 20.3 Å². The lowest BCUT2D eigenvalue weighted by atomic mass is 10.1. The van der Waals surface area contributed by atoms with Crippen LogP contribution in [0.15, 0.2) is 53.9 Å². The SMILES string of the molecule is CCCOc1ccc(-c2csc(NC(=O)c3ccccc3C)n2)cc1.